The number of hydrogen-bond acceptors (Lipinski definition) is 14. The van der Waals surface area contributed by atoms with Crippen LogP contribution in [0.1, 0.15) is 22.5 Å². The van der Waals surface area contributed by atoms with E-state index in [9.17, 15) is 13.0 Å². The molecule has 1 unspecified atom stereocenters. The molecule has 0 N–H and O–H groups in total. The van der Waals surface area contributed by atoms with Crippen molar-refractivity contribution in [2.45, 2.75) is 36.0 Å². The summed E-state index contributed by atoms with van der Waals surface area (Å²) in [7, 11) is -1.16. The van der Waals surface area contributed by atoms with Gasteiger partial charge in [0.15, 0.2) is 5.16 Å². The molecule has 0 aliphatic carbocycles. The summed E-state index contributed by atoms with van der Waals surface area (Å²) in [6.45, 7) is 6.57. The molecular weight excluding hydrogens is 775 g/mol. The molecule has 57 heavy (non-hydrogen) atoms. The van der Waals surface area contributed by atoms with Crippen LogP contribution in [0.4, 0.5) is 20.8 Å². The summed E-state index contributed by atoms with van der Waals surface area (Å²) in [6.07, 6.45) is 16.6. The molecule has 0 amide bonds. The Hall–Kier alpha value is -5.10. The molecule has 2 aliphatic heterocycles. The Bertz CT molecular complexity index is 1970. The van der Waals surface area contributed by atoms with Gasteiger partial charge in [-0.05, 0) is 79.5 Å². The van der Waals surface area contributed by atoms with Gasteiger partial charge in [0.05, 0.1) is 49.6 Å². The number of oxazole rings is 2. The molecule has 1 atom stereocenters. The third-order valence-electron chi connectivity index (χ3n) is 8.39. The van der Waals surface area contributed by atoms with Crippen LogP contribution in [0.25, 0.3) is 0 Å². The van der Waals surface area contributed by atoms with Crippen LogP contribution in [0.15, 0.2) is 117 Å². The number of thioether (sulfide) groups is 1. The zero-order valence-electron chi connectivity index (χ0n) is 31.9. The fraction of sp³-hybridized carbons (Fsp3) is 0.350. The van der Waals surface area contributed by atoms with Gasteiger partial charge in [0, 0.05) is 56.2 Å². The van der Waals surface area contributed by atoms with Crippen LogP contribution in [0, 0.1) is 11.6 Å². The number of halogens is 2. The van der Waals surface area contributed by atoms with Crippen LogP contribution in [-0.2, 0) is 46.0 Å². The van der Waals surface area contributed by atoms with Crippen molar-refractivity contribution in [2.75, 3.05) is 74.9 Å². The number of hydrogen-bond donors (Lipinski definition) is 0. The van der Waals surface area contributed by atoms with Crippen LogP contribution >= 0.6 is 11.8 Å². The van der Waals surface area contributed by atoms with E-state index in [1.165, 1.54) is 36.0 Å². The van der Waals surface area contributed by atoms with E-state index in [2.05, 4.69) is 39.7 Å². The summed E-state index contributed by atoms with van der Waals surface area (Å²) in [5.41, 5.74) is 4.04. The third kappa shape index (κ3) is 15.4. The van der Waals surface area contributed by atoms with E-state index in [1.807, 2.05) is 24.5 Å². The lowest BCUT2D eigenvalue weighted by Gasteiger charge is -2.24. The maximum atomic E-state index is 12.7. The minimum atomic E-state index is -1.16. The summed E-state index contributed by atoms with van der Waals surface area (Å²) in [5.74, 6) is -0.426. The third-order valence-corrected chi connectivity index (χ3v) is 9.66. The van der Waals surface area contributed by atoms with Crippen molar-refractivity contribution in [1.29, 1.82) is 0 Å². The molecule has 302 valence electrons. The van der Waals surface area contributed by atoms with Gasteiger partial charge in [-0.3, -0.25) is 4.21 Å². The SMILES string of the molecule is CS(=O)c1nccc(CCc2ccc(F)cc2)n1.CSc1nccc(CCc2ccc(F)cc2)n1.c1coc(N2CCOCC2)n1.c1coc(N2CCOCC2)n1. The van der Waals surface area contributed by atoms with Crippen LogP contribution < -0.4 is 9.80 Å². The van der Waals surface area contributed by atoms with E-state index >= 15 is 0 Å². The molecule has 2 saturated heterocycles. The summed E-state index contributed by atoms with van der Waals surface area (Å²) in [6, 6.07) is 18.1. The minimum absolute atomic E-state index is 0.194. The molecule has 4 aromatic heterocycles. The number of benzene rings is 2. The molecule has 0 saturated carbocycles. The first-order valence-corrected chi connectivity index (χ1v) is 21.1. The first-order valence-electron chi connectivity index (χ1n) is 18.3. The Labute approximate surface area is 337 Å². The number of ether oxygens (including phenoxy) is 2. The monoisotopic (exact) mass is 820 g/mol. The lowest BCUT2D eigenvalue weighted by Crippen LogP contribution is -2.36. The van der Waals surface area contributed by atoms with Crippen molar-refractivity contribution < 1.29 is 31.3 Å². The number of aryl methyl sites for hydroxylation is 4. The number of anilines is 2. The van der Waals surface area contributed by atoms with Gasteiger partial charge >= 0.3 is 0 Å². The highest BCUT2D eigenvalue weighted by Crippen LogP contribution is 2.14. The molecule has 13 nitrogen and oxygen atoms in total. The van der Waals surface area contributed by atoms with Gasteiger partial charge in [0.2, 0.25) is 5.16 Å². The second-order valence-corrected chi connectivity index (χ2v) is 14.4. The molecular formula is C40H46F2N8O5S2. The van der Waals surface area contributed by atoms with Gasteiger partial charge < -0.3 is 28.1 Å². The van der Waals surface area contributed by atoms with Gasteiger partial charge in [-0.1, -0.05) is 36.0 Å². The summed E-state index contributed by atoms with van der Waals surface area (Å²) in [5, 5.41) is 1.15. The van der Waals surface area contributed by atoms with Crippen molar-refractivity contribution in [3.8, 4) is 0 Å². The quantitative estimate of drug-likeness (QED) is 0.113. The highest BCUT2D eigenvalue weighted by molar-refractivity contribution is 7.98. The zero-order valence-corrected chi connectivity index (χ0v) is 33.5. The second-order valence-electron chi connectivity index (χ2n) is 12.4. The number of morpholine rings is 2. The summed E-state index contributed by atoms with van der Waals surface area (Å²) < 4.78 is 57.4. The van der Waals surface area contributed by atoms with Crippen molar-refractivity contribution >= 4 is 34.6 Å². The largest absolute Gasteiger partial charge is 0.432 e. The Morgan fingerprint density at radius 3 is 1.49 bits per heavy atom. The fourth-order valence-electron chi connectivity index (χ4n) is 5.37. The van der Waals surface area contributed by atoms with Gasteiger partial charge in [-0.15, -0.1) is 0 Å². The van der Waals surface area contributed by atoms with Crippen LogP contribution in [0.5, 0.6) is 0 Å². The van der Waals surface area contributed by atoms with Gasteiger partial charge in [-0.2, -0.15) is 0 Å². The number of nitrogens with zero attached hydrogens (tertiary/aromatic N) is 8. The van der Waals surface area contributed by atoms with Crippen molar-refractivity contribution in [3.63, 3.8) is 0 Å². The predicted molar refractivity (Wildman–Crippen MR) is 215 cm³/mol. The molecule has 6 heterocycles. The average Bonchev–Trinajstić information content (AvgIpc) is 4.02. The predicted octanol–water partition coefficient (Wildman–Crippen LogP) is 6.28. The second kappa shape index (κ2) is 23.8. The minimum Gasteiger partial charge on any atom is -0.432 e. The first kappa shape index (κ1) is 43.0. The van der Waals surface area contributed by atoms with E-state index in [1.54, 1.807) is 61.8 Å². The Morgan fingerprint density at radius 2 is 1.07 bits per heavy atom. The zero-order chi connectivity index (χ0) is 40.1. The Morgan fingerprint density at radius 1 is 0.614 bits per heavy atom. The normalized spacial score (nSPS) is 14.2. The van der Waals surface area contributed by atoms with E-state index in [-0.39, 0.29) is 11.6 Å². The number of aromatic nitrogens is 6. The molecule has 0 spiro atoms. The summed E-state index contributed by atoms with van der Waals surface area (Å²) in [4.78, 5) is 28.9. The smallest absolute Gasteiger partial charge is 0.297 e. The summed E-state index contributed by atoms with van der Waals surface area (Å²) >= 11 is 1.53. The van der Waals surface area contributed by atoms with Crippen LogP contribution in [-0.4, -0.2) is 99.2 Å². The molecule has 2 aromatic carbocycles. The highest BCUT2D eigenvalue weighted by Gasteiger charge is 2.15. The van der Waals surface area contributed by atoms with Gasteiger partial charge in [0.1, 0.15) is 24.2 Å². The standard InChI is InChI=1S/C13H13FN2OS.C13H13FN2S.2C7H10N2O2/c1-18(17)13-15-9-8-12(16-13)7-4-10-2-5-11(14)6-3-10;1-17-13-15-9-8-12(16-13)7-4-10-2-5-11(14)6-3-10;2*1-4-11-7(8-1)9-2-5-10-6-3-9/h2-3,5-6,8-9H,4,7H2,1H3;2-3,5-6,8-9H,4,7H2,1H3;2*1,4H,2-3,5-6H2. The van der Waals surface area contributed by atoms with Gasteiger partial charge in [-0.25, -0.2) is 38.7 Å². The van der Waals surface area contributed by atoms with Crippen molar-refractivity contribution in [1.82, 2.24) is 29.9 Å². The van der Waals surface area contributed by atoms with E-state index in [0.717, 1.165) is 106 Å². The maximum Gasteiger partial charge on any atom is 0.297 e. The fourth-order valence-corrected chi connectivity index (χ4v) is 6.20. The van der Waals surface area contributed by atoms with Crippen molar-refractivity contribution in [2.24, 2.45) is 0 Å². The number of rotatable bonds is 10. The first-order chi connectivity index (χ1) is 27.9. The average molecular weight is 821 g/mol. The highest BCUT2D eigenvalue weighted by atomic mass is 32.2. The lowest BCUT2D eigenvalue weighted by atomic mass is 10.1. The molecule has 0 radical (unpaired) electrons. The maximum absolute atomic E-state index is 12.7. The van der Waals surface area contributed by atoms with E-state index < -0.39 is 10.8 Å². The Kier molecular flexibility index (Phi) is 18.0. The molecule has 2 fully saturated rings. The Balaban J connectivity index is 0.000000148. The molecule has 2 aliphatic rings. The molecule has 0 bridgehead atoms. The van der Waals surface area contributed by atoms with Crippen molar-refractivity contribution in [3.05, 3.63) is 132 Å². The topological polar surface area (TPSA) is 146 Å². The lowest BCUT2D eigenvalue weighted by molar-refractivity contribution is 0.120. The van der Waals surface area contributed by atoms with Crippen LogP contribution in [0.2, 0.25) is 0 Å². The van der Waals surface area contributed by atoms with E-state index in [0.29, 0.717) is 17.2 Å². The van der Waals surface area contributed by atoms with Crippen LogP contribution in [0.3, 0.4) is 0 Å². The molecule has 17 heteroatoms. The molecule has 6 aromatic rings. The van der Waals surface area contributed by atoms with E-state index in [4.69, 9.17) is 18.3 Å². The molecule has 8 rings (SSSR count). The van der Waals surface area contributed by atoms with Gasteiger partial charge in [0.25, 0.3) is 12.0 Å².